The molecule has 2 fully saturated rings. The summed E-state index contributed by atoms with van der Waals surface area (Å²) in [4.78, 5) is 0. The minimum absolute atomic E-state index is 0.436. The zero-order valence-electron chi connectivity index (χ0n) is 14.1. The van der Waals surface area contributed by atoms with Crippen LogP contribution in [0, 0.1) is 29.1 Å². The maximum Gasteiger partial charge on any atom is 0.00647 e. The molecule has 0 amide bonds. The Morgan fingerprint density at radius 2 is 1.25 bits per heavy atom. The molecule has 2 aliphatic rings. The van der Waals surface area contributed by atoms with Crippen LogP contribution in [0.1, 0.15) is 72.6 Å². The van der Waals surface area contributed by atoms with E-state index in [0.29, 0.717) is 29.3 Å². The van der Waals surface area contributed by atoms with Crippen LogP contribution >= 0.6 is 0 Å². The summed E-state index contributed by atoms with van der Waals surface area (Å²) < 4.78 is 0. The van der Waals surface area contributed by atoms with Crippen molar-refractivity contribution in [3.05, 3.63) is 0 Å². The molecule has 0 aromatic heterocycles. The predicted molar refractivity (Wildman–Crippen MR) is 87.4 cm³/mol. The molecule has 0 spiro atoms. The first-order valence-corrected chi connectivity index (χ1v) is 8.89. The van der Waals surface area contributed by atoms with E-state index in [1.807, 2.05) is 0 Å². The maximum absolute atomic E-state index is 6.23. The fourth-order valence-electron chi connectivity index (χ4n) is 4.95. The molecule has 0 aromatic carbocycles. The van der Waals surface area contributed by atoms with Crippen LogP contribution in [-0.2, 0) is 0 Å². The lowest BCUT2D eigenvalue weighted by atomic mass is 9.56. The van der Waals surface area contributed by atoms with Gasteiger partial charge in [-0.1, -0.05) is 34.1 Å². The highest BCUT2D eigenvalue weighted by Crippen LogP contribution is 2.51. The summed E-state index contributed by atoms with van der Waals surface area (Å²) in [5.74, 6) is 3.13. The summed E-state index contributed by atoms with van der Waals surface area (Å²) in [7, 11) is 0. The predicted octanol–water partition coefficient (Wildman–Crippen LogP) is 3.93. The Bertz CT molecular complexity index is 289. The van der Waals surface area contributed by atoms with Crippen molar-refractivity contribution in [2.75, 3.05) is 0 Å². The van der Waals surface area contributed by atoms with Crippen molar-refractivity contribution in [1.29, 1.82) is 0 Å². The first-order chi connectivity index (χ1) is 9.38. The highest BCUT2D eigenvalue weighted by molar-refractivity contribution is 4.96. The van der Waals surface area contributed by atoms with E-state index in [9.17, 15) is 0 Å². The quantitative estimate of drug-likeness (QED) is 0.823. The van der Waals surface area contributed by atoms with E-state index in [2.05, 4.69) is 27.7 Å². The molecule has 2 saturated carbocycles. The van der Waals surface area contributed by atoms with E-state index in [4.69, 9.17) is 11.5 Å². The monoisotopic (exact) mass is 280 g/mol. The molecule has 0 aliphatic heterocycles. The van der Waals surface area contributed by atoms with Crippen LogP contribution in [0.3, 0.4) is 0 Å². The number of nitrogens with two attached hydrogens (primary N) is 2. The van der Waals surface area contributed by atoms with E-state index >= 15 is 0 Å². The van der Waals surface area contributed by atoms with E-state index in [-0.39, 0.29) is 0 Å². The molecule has 0 heterocycles. The SMILES string of the molecule is CCC(C)(C1CCC(N)C(C)C1)C1CCC(N)C(C)C1. The van der Waals surface area contributed by atoms with Gasteiger partial charge in [0.2, 0.25) is 0 Å². The van der Waals surface area contributed by atoms with Crippen LogP contribution in [0.5, 0.6) is 0 Å². The Labute approximate surface area is 126 Å². The number of hydrogen-bond donors (Lipinski definition) is 2. The van der Waals surface area contributed by atoms with Crippen molar-refractivity contribution in [3.8, 4) is 0 Å². The van der Waals surface area contributed by atoms with Crippen LogP contribution in [0.15, 0.2) is 0 Å². The van der Waals surface area contributed by atoms with E-state index in [1.54, 1.807) is 0 Å². The molecule has 6 atom stereocenters. The summed E-state index contributed by atoms with van der Waals surface area (Å²) >= 11 is 0. The second-order valence-corrected chi connectivity index (χ2v) is 8.16. The third-order valence-electron chi connectivity index (χ3n) is 7.10. The number of rotatable bonds is 3. The summed E-state index contributed by atoms with van der Waals surface area (Å²) in [6.45, 7) is 9.67. The Hall–Kier alpha value is -0.0800. The second kappa shape index (κ2) is 6.36. The Morgan fingerprint density at radius 1 is 0.850 bits per heavy atom. The highest BCUT2D eigenvalue weighted by Gasteiger charge is 2.44. The van der Waals surface area contributed by atoms with Crippen LogP contribution in [-0.4, -0.2) is 12.1 Å². The van der Waals surface area contributed by atoms with Crippen molar-refractivity contribution in [2.24, 2.45) is 40.6 Å². The van der Waals surface area contributed by atoms with Gasteiger partial charge in [0.25, 0.3) is 0 Å². The largest absolute Gasteiger partial charge is 0.327 e. The van der Waals surface area contributed by atoms with Crippen LogP contribution < -0.4 is 11.5 Å². The van der Waals surface area contributed by atoms with Crippen molar-refractivity contribution >= 4 is 0 Å². The summed E-state index contributed by atoms with van der Waals surface area (Å²) in [6.07, 6.45) is 9.11. The van der Waals surface area contributed by atoms with Gasteiger partial charge in [-0.2, -0.15) is 0 Å². The van der Waals surface area contributed by atoms with Crippen LogP contribution in [0.25, 0.3) is 0 Å². The lowest BCUT2D eigenvalue weighted by Gasteiger charge is -2.50. The molecule has 0 saturated heterocycles. The average Bonchev–Trinajstić information content (AvgIpc) is 2.44. The van der Waals surface area contributed by atoms with Crippen LogP contribution in [0.2, 0.25) is 0 Å². The Balaban J connectivity index is 2.08. The lowest BCUT2D eigenvalue weighted by molar-refractivity contribution is 0.00731. The molecule has 0 aromatic rings. The van der Waals surface area contributed by atoms with Gasteiger partial charge in [-0.05, 0) is 67.6 Å². The van der Waals surface area contributed by atoms with Gasteiger partial charge in [0, 0.05) is 12.1 Å². The summed E-state index contributed by atoms with van der Waals surface area (Å²) in [6, 6.07) is 0.872. The zero-order valence-corrected chi connectivity index (χ0v) is 14.1. The zero-order chi connectivity index (χ0) is 14.9. The molecule has 118 valence electrons. The topological polar surface area (TPSA) is 52.0 Å². The average molecular weight is 280 g/mol. The van der Waals surface area contributed by atoms with Gasteiger partial charge < -0.3 is 11.5 Å². The van der Waals surface area contributed by atoms with Gasteiger partial charge in [-0.3, -0.25) is 0 Å². The summed E-state index contributed by atoms with van der Waals surface area (Å²) in [5, 5.41) is 0. The smallest absolute Gasteiger partial charge is 0.00647 e. The van der Waals surface area contributed by atoms with Gasteiger partial charge in [-0.15, -0.1) is 0 Å². The molecule has 4 N–H and O–H groups in total. The van der Waals surface area contributed by atoms with E-state index in [1.165, 1.54) is 44.9 Å². The maximum atomic E-state index is 6.23. The first-order valence-electron chi connectivity index (χ1n) is 8.89. The Morgan fingerprint density at radius 3 is 1.55 bits per heavy atom. The summed E-state index contributed by atoms with van der Waals surface area (Å²) in [5.41, 5.74) is 13.0. The minimum atomic E-state index is 0.436. The minimum Gasteiger partial charge on any atom is -0.327 e. The molecular formula is C18H36N2. The molecule has 20 heavy (non-hydrogen) atoms. The molecule has 0 radical (unpaired) electrons. The van der Waals surface area contributed by atoms with Gasteiger partial charge >= 0.3 is 0 Å². The molecule has 0 bridgehead atoms. The van der Waals surface area contributed by atoms with E-state index in [0.717, 1.165) is 11.8 Å². The molecule has 6 unspecified atom stereocenters. The number of hydrogen-bond acceptors (Lipinski definition) is 2. The highest BCUT2D eigenvalue weighted by atomic mass is 14.7. The molecule has 2 aliphatic carbocycles. The van der Waals surface area contributed by atoms with Crippen molar-refractivity contribution in [2.45, 2.75) is 84.7 Å². The van der Waals surface area contributed by atoms with Crippen LogP contribution in [0.4, 0.5) is 0 Å². The molecule has 2 rings (SSSR count). The van der Waals surface area contributed by atoms with Gasteiger partial charge in [-0.25, -0.2) is 0 Å². The second-order valence-electron chi connectivity index (χ2n) is 8.16. The third-order valence-corrected chi connectivity index (χ3v) is 7.10. The normalized spacial score (nSPS) is 45.9. The van der Waals surface area contributed by atoms with Gasteiger partial charge in [0.15, 0.2) is 0 Å². The fraction of sp³-hybridized carbons (Fsp3) is 1.00. The third kappa shape index (κ3) is 3.06. The standard InChI is InChI=1S/C18H36N2/c1-5-18(4,14-6-8-16(19)12(2)10-14)15-7-9-17(20)13(3)11-15/h12-17H,5-11,19-20H2,1-4H3. The van der Waals surface area contributed by atoms with Crippen molar-refractivity contribution < 1.29 is 0 Å². The molecular weight excluding hydrogens is 244 g/mol. The molecule has 2 nitrogen and oxygen atoms in total. The Kier molecular flexibility index (Phi) is 5.18. The van der Waals surface area contributed by atoms with Crippen molar-refractivity contribution in [1.82, 2.24) is 0 Å². The van der Waals surface area contributed by atoms with Gasteiger partial charge in [0.05, 0.1) is 0 Å². The molecule has 2 heteroatoms. The van der Waals surface area contributed by atoms with Crippen molar-refractivity contribution in [3.63, 3.8) is 0 Å². The van der Waals surface area contributed by atoms with Gasteiger partial charge in [0.1, 0.15) is 0 Å². The fourth-order valence-corrected chi connectivity index (χ4v) is 4.95. The lowest BCUT2D eigenvalue weighted by Crippen LogP contribution is -2.46. The van der Waals surface area contributed by atoms with E-state index < -0.39 is 0 Å². The first kappa shape index (κ1) is 16.3.